The summed E-state index contributed by atoms with van der Waals surface area (Å²) in [7, 11) is 0. The van der Waals surface area contributed by atoms with E-state index in [1.807, 2.05) is 45.0 Å². The molecule has 1 aliphatic rings. The zero-order chi connectivity index (χ0) is 21.4. The maximum Gasteiger partial charge on any atom is 0.203 e. The largest absolute Gasteiger partial charge is 0.355 e. The highest BCUT2D eigenvalue weighted by atomic mass is 16.1. The molecule has 4 rings (SSSR count). The van der Waals surface area contributed by atoms with E-state index in [1.54, 1.807) is 6.92 Å². The number of rotatable bonds is 5. The van der Waals surface area contributed by atoms with Gasteiger partial charge in [-0.15, -0.1) is 0 Å². The number of hydrogen-bond acceptors (Lipinski definition) is 5. The Labute approximate surface area is 176 Å². The number of carbonyl (C=O) groups excluding carboxylic acids is 2. The molecule has 0 radical (unpaired) electrons. The fourth-order valence-electron chi connectivity index (χ4n) is 4.52. The summed E-state index contributed by atoms with van der Waals surface area (Å²) < 4.78 is 0. The lowest BCUT2D eigenvalue weighted by Gasteiger charge is -2.26. The fourth-order valence-corrected chi connectivity index (χ4v) is 4.52. The smallest absolute Gasteiger partial charge is 0.203 e. The number of imidazole rings is 1. The van der Waals surface area contributed by atoms with Gasteiger partial charge in [-0.3, -0.25) is 14.5 Å². The minimum Gasteiger partial charge on any atom is -0.355 e. The first kappa shape index (κ1) is 20.3. The van der Waals surface area contributed by atoms with Gasteiger partial charge in [-0.1, -0.05) is 12.1 Å². The molecular weight excluding hydrogens is 378 g/mol. The van der Waals surface area contributed by atoms with Crippen molar-refractivity contribution in [2.24, 2.45) is 0 Å². The van der Waals surface area contributed by atoms with Crippen molar-refractivity contribution < 1.29 is 9.59 Å². The highest BCUT2D eigenvalue weighted by molar-refractivity contribution is 6.05. The molecule has 2 N–H and O–H groups in total. The highest BCUT2D eigenvalue weighted by Gasteiger charge is 2.29. The minimum atomic E-state index is -0.253. The normalized spacial score (nSPS) is 16.6. The van der Waals surface area contributed by atoms with Crippen LogP contribution >= 0.6 is 0 Å². The van der Waals surface area contributed by atoms with Crippen molar-refractivity contribution in [2.45, 2.75) is 40.2 Å². The number of nitrogens with one attached hydrogen (secondary N) is 2. The Morgan fingerprint density at radius 3 is 2.53 bits per heavy atom. The van der Waals surface area contributed by atoms with Crippen LogP contribution in [0.4, 0.5) is 5.95 Å². The molecule has 0 spiro atoms. The third-order valence-electron chi connectivity index (χ3n) is 6.17. The SMILES string of the molecule is CC(=O)c1c(C)[nH]c(C(=O)C(C)N2CCCN(c3nc4ccccc4[nH]3)CC2)c1C. The number of aryl methyl sites for hydroxylation is 1. The zero-order valence-corrected chi connectivity index (χ0v) is 18.1. The van der Waals surface area contributed by atoms with Crippen molar-refractivity contribution in [3.63, 3.8) is 0 Å². The highest BCUT2D eigenvalue weighted by Crippen LogP contribution is 2.23. The Morgan fingerprint density at radius 1 is 1.07 bits per heavy atom. The van der Waals surface area contributed by atoms with Gasteiger partial charge in [0.1, 0.15) is 0 Å². The Balaban J connectivity index is 1.48. The number of aromatic nitrogens is 3. The number of H-pyrrole nitrogens is 2. The van der Waals surface area contributed by atoms with E-state index < -0.39 is 0 Å². The molecule has 30 heavy (non-hydrogen) atoms. The lowest BCUT2D eigenvalue weighted by molar-refractivity contribution is 0.0841. The summed E-state index contributed by atoms with van der Waals surface area (Å²) in [5.41, 5.74) is 4.73. The molecule has 0 bridgehead atoms. The Kier molecular flexibility index (Phi) is 5.47. The molecule has 1 unspecified atom stereocenters. The molecule has 0 aliphatic carbocycles. The van der Waals surface area contributed by atoms with E-state index in [1.165, 1.54) is 0 Å². The summed E-state index contributed by atoms with van der Waals surface area (Å²) in [4.78, 5) is 40.9. The number of nitrogens with zero attached hydrogens (tertiary/aromatic N) is 3. The first-order chi connectivity index (χ1) is 14.4. The standard InChI is InChI=1S/C23H29N5O2/c1-14-20(17(4)29)15(2)24-21(14)22(30)16(3)27-10-7-11-28(13-12-27)23-25-18-8-5-6-9-19(18)26-23/h5-6,8-9,16,24H,7,10-13H2,1-4H3,(H,25,26). The number of anilines is 1. The van der Waals surface area contributed by atoms with Crippen LogP contribution in [0.5, 0.6) is 0 Å². The summed E-state index contributed by atoms with van der Waals surface area (Å²) in [6.45, 7) is 10.5. The number of Topliss-reactive ketones (excluding diaryl/α,β-unsaturated/α-hetero) is 2. The quantitative estimate of drug-likeness (QED) is 0.633. The summed E-state index contributed by atoms with van der Waals surface area (Å²) in [6, 6.07) is 7.79. The van der Waals surface area contributed by atoms with Crippen LogP contribution in [0.2, 0.25) is 0 Å². The molecule has 1 aromatic carbocycles. The van der Waals surface area contributed by atoms with Gasteiger partial charge in [0.05, 0.1) is 22.8 Å². The topological polar surface area (TPSA) is 85.1 Å². The second-order valence-electron chi connectivity index (χ2n) is 8.18. The molecule has 7 nitrogen and oxygen atoms in total. The van der Waals surface area contributed by atoms with Gasteiger partial charge < -0.3 is 14.9 Å². The van der Waals surface area contributed by atoms with Crippen molar-refractivity contribution in [1.82, 2.24) is 19.9 Å². The number of hydrogen-bond donors (Lipinski definition) is 2. The van der Waals surface area contributed by atoms with Crippen LogP contribution in [-0.2, 0) is 0 Å². The van der Waals surface area contributed by atoms with Gasteiger partial charge in [0.2, 0.25) is 5.95 Å². The van der Waals surface area contributed by atoms with Gasteiger partial charge in [-0.25, -0.2) is 4.98 Å². The molecule has 1 fully saturated rings. The van der Waals surface area contributed by atoms with E-state index in [2.05, 4.69) is 19.8 Å². The predicted molar refractivity (Wildman–Crippen MR) is 119 cm³/mol. The second kappa shape index (κ2) is 8.07. The van der Waals surface area contributed by atoms with E-state index in [-0.39, 0.29) is 17.6 Å². The van der Waals surface area contributed by atoms with Crippen molar-refractivity contribution in [1.29, 1.82) is 0 Å². The predicted octanol–water partition coefficient (Wildman–Crippen LogP) is 3.49. The first-order valence-electron chi connectivity index (χ1n) is 10.5. The number of carbonyl (C=O) groups is 2. The lowest BCUT2D eigenvalue weighted by Crippen LogP contribution is -2.41. The van der Waals surface area contributed by atoms with E-state index in [4.69, 9.17) is 4.98 Å². The fraction of sp³-hybridized carbons (Fsp3) is 0.435. The maximum atomic E-state index is 13.2. The molecule has 1 saturated heterocycles. The molecule has 1 aliphatic heterocycles. The van der Waals surface area contributed by atoms with Gasteiger partial charge >= 0.3 is 0 Å². The third-order valence-corrected chi connectivity index (χ3v) is 6.17. The van der Waals surface area contributed by atoms with Gasteiger partial charge in [-0.05, 0) is 51.8 Å². The lowest BCUT2D eigenvalue weighted by atomic mass is 10.0. The van der Waals surface area contributed by atoms with Gasteiger partial charge in [0, 0.05) is 37.4 Å². The average Bonchev–Trinajstić information content (AvgIpc) is 3.17. The van der Waals surface area contributed by atoms with Crippen LogP contribution in [0.1, 0.15) is 52.4 Å². The van der Waals surface area contributed by atoms with Crippen molar-refractivity contribution in [2.75, 3.05) is 31.1 Å². The number of aromatic amines is 2. The number of para-hydroxylation sites is 2. The van der Waals surface area contributed by atoms with Gasteiger partial charge in [0.15, 0.2) is 11.6 Å². The molecule has 158 valence electrons. The van der Waals surface area contributed by atoms with Crippen molar-refractivity contribution in [3.8, 4) is 0 Å². The van der Waals surface area contributed by atoms with Crippen LogP contribution in [0.3, 0.4) is 0 Å². The van der Waals surface area contributed by atoms with Crippen LogP contribution in [-0.4, -0.2) is 63.6 Å². The summed E-state index contributed by atoms with van der Waals surface area (Å²) in [5.74, 6) is 0.920. The van der Waals surface area contributed by atoms with Crippen molar-refractivity contribution >= 4 is 28.5 Å². The molecule has 0 saturated carbocycles. The number of fused-ring (bicyclic) bond motifs is 1. The zero-order valence-electron chi connectivity index (χ0n) is 18.1. The van der Waals surface area contributed by atoms with Crippen LogP contribution in [0, 0.1) is 13.8 Å². The molecular formula is C23H29N5O2. The summed E-state index contributed by atoms with van der Waals surface area (Å²) >= 11 is 0. The summed E-state index contributed by atoms with van der Waals surface area (Å²) in [5, 5.41) is 0. The molecule has 7 heteroatoms. The number of ketones is 2. The first-order valence-corrected chi connectivity index (χ1v) is 10.5. The van der Waals surface area contributed by atoms with Gasteiger partial charge in [0.25, 0.3) is 0 Å². The molecule has 0 amide bonds. The monoisotopic (exact) mass is 407 g/mol. The van der Waals surface area contributed by atoms with E-state index in [0.717, 1.165) is 60.8 Å². The Bertz CT molecular complexity index is 1060. The Hall–Kier alpha value is -2.93. The third kappa shape index (κ3) is 3.65. The molecule has 1 atom stereocenters. The van der Waals surface area contributed by atoms with Gasteiger partial charge in [-0.2, -0.15) is 0 Å². The van der Waals surface area contributed by atoms with E-state index >= 15 is 0 Å². The minimum absolute atomic E-state index is 0.01000. The Morgan fingerprint density at radius 2 is 1.83 bits per heavy atom. The second-order valence-corrected chi connectivity index (χ2v) is 8.18. The summed E-state index contributed by atoms with van der Waals surface area (Å²) in [6.07, 6.45) is 0.954. The maximum absolute atomic E-state index is 13.2. The average molecular weight is 408 g/mol. The van der Waals surface area contributed by atoms with E-state index in [0.29, 0.717) is 11.3 Å². The van der Waals surface area contributed by atoms with Crippen LogP contribution in [0.15, 0.2) is 24.3 Å². The molecule has 3 heterocycles. The van der Waals surface area contributed by atoms with Crippen LogP contribution < -0.4 is 4.90 Å². The number of benzene rings is 1. The molecule has 2 aromatic heterocycles. The van der Waals surface area contributed by atoms with Crippen LogP contribution in [0.25, 0.3) is 11.0 Å². The molecule has 3 aromatic rings. The van der Waals surface area contributed by atoms with Crippen molar-refractivity contribution in [3.05, 3.63) is 46.8 Å². The van der Waals surface area contributed by atoms with E-state index in [9.17, 15) is 9.59 Å².